The number of amides is 1. The molecular formula is C24H21N5O2S. The average molecular weight is 444 g/mol. The van der Waals surface area contributed by atoms with Crippen LogP contribution in [0.4, 0.5) is 5.69 Å². The minimum absolute atomic E-state index is 0.106. The number of carbonyl (C=O) groups excluding carboxylic acids is 1. The summed E-state index contributed by atoms with van der Waals surface area (Å²) in [4.78, 5) is 13.3. The first-order chi connectivity index (χ1) is 15.7. The van der Waals surface area contributed by atoms with Gasteiger partial charge < -0.3 is 15.5 Å². The van der Waals surface area contributed by atoms with Gasteiger partial charge in [-0.15, -0.1) is 10.2 Å². The lowest BCUT2D eigenvalue weighted by Gasteiger charge is -2.33. The fourth-order valence-electron chi connectivity index (χ4n) is 3.63. The lowest BCUT2D eigenvalue weighted by Crippen LogP contribution is -2.41. The van der Waals surface area contributed by atoms with Crippen molar-refractivity contribution < 1.29 is 9.53 Å². The summed E-state index contributed by atoms with van der Waals surface area (Å²) in [6.07, 6.45) is 0. The molecule has 0 bridgehead atoms. The lowest BCUT2D eigenvalue weighted by molar-refractivity contribution is -0.116. The number of nitrogens with zero attached hydrogens (tertiary/aromatic N) is 3. The Balaban J connectivity index is 1.51. The topological polar surface area (TPSA) is 81.1 Å². The Morgan fingerprint density at radius 1 is 0.969 bits per heavy atom. The number of benzene rings is 3. The largest absolute Gasteiger partial charge is 0.497 e. The molecule has 0 saturated heterocycles. The van der Waals surface area contributed by atoms with E-state index < -0.39 is 5.25 Å². The van der Waals surface area contributed by atoms with Crippen molar-refractivity contribution in [3.8, 4) is 17.1 Å². The van der Waals surface area contributed by atoms with E-state index in [-0.39, 0.29) is 11.9 Å². The summed E-state index contributed by atoms with van der Waals surface area (Å²) in [7, 11) is 1.63. The van der Waals surface area contributed by atoms with E-state index in [4.69, 9.17) is 4.74 Å². The van der Waals surface area contributed by atoms with Crippen LogP contribution >= 0.6 is 11.8 Å². The van der Waals surface area contributed by atoms with Crippen LogP contribution in [0.1, 0.15) is 11.6 Å². The SMILES string of the molecule is COc1ccc([C@H]2Nn3c(nnc3-c3ccccc3)S[C@@H]2C(=O)Nc2ccccc2)cc1. The van der Waals surface area contributed by atoms with Crippen LogP contribution in [-0.2, 0) is 4.79 Å². The number of hydrogen-bond donors (Lipinski definition) is 2. The van der Waals surface area contributed by atoms with Crippen molar-refractivity contribution in [1.82, 2.24) is 14.9 Å². The number of thioether (sulfide) groups is 1. The lowest BCUT2D eigenvalue weighted by atomic mass is 10.0. The monoisotopic (exact) mass is 443 g/mol. The predicted octanol–water partition coefficient (Wildman–Crippen LogP) is 4.35. The molecule has 0 fully saturated rings. The van der Waals surface area contributed by atoms with Crippen LogP contribution in [0.25, 0.3) is 11.4 Å². The summed E-state index contributed by atoms with van der Waals surface area (Å²) >= 11 is 1.40. The minimum atomic E-state index is -0.455. The maximum absolute atomic E-state index is 13.3. The summed E-state index contributed by atoms with van der Waals surface area (Å²) in [5, 5.41) is 11.9. The van der Waals surface area contributed by atoms with Crippen LogP contribution in [0.2, 0.25) is 0 Å². The van der Waals surface area contributed by atoms with Crippen molar-refractivity contribution in [1.29, 1.82) is 0 Å². The van der Waals surface area contributed by atoms with E-state index in [1.54, 1.807) is 7.11 Å². The standard InChI is InChI=1S/C24H21N5O2S/c1-31-19-14-12-16(13-15-19)20-21(23(30)25-18-10-6-3-7-11-18)32-24-27-26-22(29(24)28-20)17-8-4-2-5-9-17/h2-15,20-21,28H,1H3,(H,25,30)/t20-,21+/m1/s1. The van der Waals surface area contributed by atoms with Gasteiger partial charge in [-0.3, -0.25) is 4.79 Å². The number of aromatic nitrogens is 3. The third-order valence-corrected chi connectivity index (χ3v) is 6.46. The zero-order chi connectivity index (χ0) is 21.9. The first-order valence-electron chi connectivity index (χ1n) is 10.2. The van der Waals surface area contributed by atoms with Crippen LogP contribution < -0.4 is 15.5 Å². The van der Waals surface area contributed by atoms with Crippen LogP contribution in [-0.4, -0.2) is 33.1 Å². The second kappa shape index (κ2) is 8.76. The smallest absolute Gasteiger partial charge is 0.240 e. The van der Waals surface area contributed by atoms with Crippen molar-refractivity contribution in [2.45, 2.75) is 16.4 Å². The second-order valence-electron chi connectivity index (χ2n) is 7.28. The molecule has 7 nitrogen and oxygen atoms in total. The molecule has 0 saturated carbocycles. The molecule has 8 heteroatoms. The third kappa shape index (κ3) is 3.92. The van der Waals surface area contributed by atoms with E-state index in [2.05, 4.69) is 20.9 Å². The highest BCUT2D eigenvalue weighted by Crippen LogP contribution is 2.39. The van der Waals surface area contributed by atoms with Crippen molar-refractivity contribution in [2.75, 3.05) is 17.9 Å². The second-order valence-corrected chi connectivity index (χ2v) is 8.39. The molecule has 1 aromatic heterocycles. The van der Waals surface area contributed by atoms with Crippen LogP contribution in [0.15, 0.2) is 90.1 Å². The Morgan fingerprint density at radius 3 is 2.34 bits per heavy atom. The number of hydrogen-bond acceptors (Lipinski definition) is 6. The van der Waals surface area contributed by atoms with Crippen molar-refractivity contribution >= 4 is 23.4 Å². The first kappa shape index (κ1) is 20.1. The number of fused-ring (bicyclic) bond motifs is 1. The van der Waals surface area contributed by atoms with Crippen LogP contribution in [0.5, 0.6) is 5.75 Å². The van der Waals surface area contributed by atoms with E-state index >= 15 is 0 Å². The number of anilines is 1. The van der Waals surface area contributed by atoms with Gasteiger partial charge in [-0.25, -0.2) is 4.68 Å². The number of nitrogens with one attached hydrogen (secondary N) is 2. The molecule has 2 heterocycles. The van der Waals surface area contributed by atoms with Gasteiger partial charge in [0, 0.05) is 11.3 Å². The molecule has 3 aromatic carbocycles. The molecule has 0 aliphatic carbocycles. The molecule has 0 unspecified atom stereocenters. The first-order valence-corrected chi connectivity index (χ1v) is 11.0. The Labute approximate surface area is 189 Å². The maximum Gasteiger partial charge on any atom is 0.240 e. The van der Waals surface area contributed by atoms with Gasteiger partial charge in [0.2, 0.25) is 11.1 Å². The summed E-state index contributed by atoms with van der Waals surface area (Å²) < 4.78 is 7.16. The zero-order valence-corrected chi connectivity index (χ0v) is 18.1. The van der Waals surface area contributed by atoms with Crippen molar-refractivity contribution in [3.05, 3.63) is 90.5 Å². The van der Waals surface area contributed by atoms with Gasteiger partial charge >= 0.3 is 0 Å². The number of methoxy groups -OCH3 is 1. The predicted molar refractivity (Wildman–Crippen MR) is 125 cm³/mol. The summed E-state index contributed by atoms with van der Waals surface area (Å²) in [6, 6.07) is 26.7. The highest BCUT2D eigenvalue weighted by molar-refractivity contribution is 8.00. The molecule has 0 spiro atoms. The van der Waals surface area contributed by atoms with E-state index in [1.165, 1.54) is 11.8 Å². The Bertz CT molecular complexity index is 1210. The zero-order valence-electron chi connectivity index (χ0n) is 17.3. The van der Waals surface area contributed by atoms with E-state index in [0.717, 1.165) is 22.6 Å². The van der Waals surface area contributed by atoms with Gasteiger partial charge in [-0.2, -0.15) is 0 Å². The molecule has 5 rings (SSSR count). The molecule has 160 valence electrons. The molecule has 1 aliphatic rings. The summed E-state index contributed by atoms with van der Waals surface area (Å²) in [6.45, 7) is 0. The molecule has 0 radical (unpaired) electrons. The van der Waals surface area contributed by atoms with Gasteiger partial charge in [0.25, 0.3) is 0 Å². The highest BCUT2D eigenvalue weighted by Gasteiger charge is 2.38. The van der Waals surface area contributed by atoms with Crippen molar-refractivity contribution in [2.24, 2.45) is 0 Å². The van der Waals surface area contributed by atoms with Crippen molar-refractivity contribution in [3.63, 3.8) is 0 Å². The van der Waals surface area contributed by atoms with Gasteiger partial charge in [0.15, 0.2) is 5.82 Å². The van der Waals surface area contributed by atoms with Crippen LogP contribution in [0, 0.1) is 0 Å². The van der Waals surface area contributed by atoms with Gasteiger partial charge in [-0.05, 0) is 29.8 Å². The number of para-hydroxylation sites is 1. The number of rotatable bonds is 5. The molecule has 1 amide bonds. The Morgan fingerprint density at radius 2 is 1.66 bits per heavy atom. The summed E-state index contributed by atoms with van der Waals surface area (Å²) in [5.74, 6) is 1.36. The van der Waals surface area contributed by atoms with E-state index in [1.807, 2.05) is 89.6 Å². The molecular weight excluding hydrogens is 422 g/mol. The number of ether oxygens (including phenoxy) is 1. The van der Waals surface area contributed by atoms with E-state index in [0.29, 0.717) is 11.0 Å². The quantitative estimate of drug-likeness (QED) is 0.477. The number of carbonyl (C=O) groups is 1. The fraction of sp³-hybridized carbons (Fsp3) is 0.125. The molecule has 2 N–H and O–H groups in total. The normalized spacial score (nSPS) is 17.2. The third-order valence-electron chi connectivity index (χ3n) is 5.24. The molecule has 32 heavy (non-hydrogen) atoms. The molecule has 1 aliphatic heterocycles. The molecule has 2 atom stereocenters. The minimum Gasteiger partial charge on any atom is -0.497 e. The molecule has 4 aromatic rings. The Hall–Kier alpha value is -3.78. The van der Waals surface area contributed by atoms with Gasteiger partial charge in [0.05, 0.1) is 13.2 Å². The maximum atomic E-state index is 13.3. The fourth-order valence-corrected chi connectivity index (χ4v) is 4.71. The summed E-state index contributed by atoms with van der Waals surface area (Å²) in [5.41, 5.74) is 6.14. The van der Waals surface area contributed by atoms with E-state index in [9.17, 15) is 4.79 Å². The van der Waals surface area contributed by atoms with Crippen LogP contribution in [0.3, 0.4) is 0 Å². The average Bonchev–Trinajstić information content (AvgIpc) is 3.27. The van der Waals surface area contributed by atoms with Gasteiger partial charge in [0.1, 0.15) is 11.0 Å². The highest BCUT2D eigenvalue weighted by atomic mass is 32.2. The Kier molecular flexibility index (Phi) is 5.51. The van der Waals surface area contributed by atoms with Gasteiger partial charge in [-0.1, -0.05) is 72.4 Å².